The monoisotopic (exact) mass is 321 g/mol. The molecule has 2 aliphatic rings. The molecule has 1 unspecified atom stereocenters. The topological polar surface area (TPSA) is 117 Å². The smallest absolute Gasteiger partial charge is 0.279 e. The molecule has 4 rings (SSSR count). The van der Waals surface area contributed by atoms with Crippen LogP contribution in [0.15, 0.2) is 11.1 Å². The zero-order valence-corrected chi connectivity index (χ0v) is 13.1. The largest absolute Gasteiger partial charge is 0.348 e. The van der Waals surface area contributed by atoms with Crippen molar-refractivity contribution in [3.8, 4) is 0 Å². The SMILES string of the molecule is Cc1nc2c(ncn2[C@@H]2O[C@H](CN)[C@@H]3OC(C)(C)OC32)c(=O)[nH]1. The minimum absolute atomic E-state index is 0.263. The van der Waals surface area contributed by atoms with Crippen LogP contribution in [0.4, 0.5) is 0 Å². The lowest BCUT2D eigenvalue weighted by atomic mass is 10.1. The summed E-state index contributed by atoms with van der Waals surface area (Å²) < 4.78 is 19.6. The minimum Gasteiger partial charge on any atom is -0.348 e. The van der Waals surface area contributed by atoms with Gasteiger partial charge in [0.25, 0.3) is 5.56 Å². The Morgan fingerprint density at radius 1 is 1.39 bits per heavy atom. The molecule has 3 N–H and O–H groups in total. The fourth-order valence-electron chi connectivity index (χ4n) is 3.29. The second-order valence-electron chi connectivity index (χ2n) is 6.34. The normalized spacial score (nSPS) is 32.5. The molecule has 0 spiro atoms. The standard InChI is InChI=1S/C14H19N5O4/c1-6-17-11-8(12(20)18-6)16-5-19(11)13-10-9(7(4-15)21-13)22-14(2,3)23-10/h5,7,9-10,13H,4,15H2,1-3H3,(H,17,18,20)/t7-,9+,10?,13-/m1/s1. The van der Waals surface area contributed by atoms with E-state index in [4.69, 9.17) is 19.9 Å². The minimum atomic E-state index is -0.706. The van der Waals surface area contributed by atoms with Crippen molar-refractivity contribution in [2.75, 3.05) is 6.54 Å². The third-order valence-electron chi connectivity index (χ3n) is 4.18. The first-order chi connectivity index (χ1) is 10.9. The van der Waals surface area contributed by atoms with Crippen LogP contribution in [0.1, 0.15) is 25.9 Å². The van der Waals surface area contributed by atoms with Gasteiger partial charge in [0.05, 0.1) is 6.33 Å². The Morgan fingerprint density at radius 2 is 2.13 bits per heavy atom. The summed E-state index contributed by atoms with van der Waals surface area (Å²) in [6.45, 7) is 5.75. The van der Waals surface area contributed by atoms with E-state index >= 15 is 0 Å². The van der Waals surface area contributed by atoms with E-state index in [0.717, 1.165) is 0 Å². The molecule has 0 radical (unpaired) electrons. The van der Waals surface area contributed by atoms with Gasteiger partial charge in [0.2, 0.25) is 0 Å². The van der Waals surface area contributed by atoms with Gasteiger partial charge in [0, 0.05) is 6.54 Å². The summed E-state index contributed by atoms with van der Waals surface area (Å²) in [7, 11) is 0. The number of rotatable bonds is 2. The van der Waals surface area contributed by atoms with Crippen LogP contribution >= 0.6 is 0 Å². The summed E-state index contributed by atoms with van der Waals surface area (Å²) in [5.41, 5.74) is 6.25. The number of nitrogens with zero attached hydrogens (tertiary/aromatic N) is 3. The summed E-state index contributed by atoms with van der Waals surface area (Å²) in [6, 6.07) is 0. The lowest BCUT2D eigenvalue weighted by Gasteiger charge is -2.24. The molecule has 2 aromatic rings. The van der Waals surface area contributed by atoms with Gasteiger partial charge >= 0.3 is 0 Å². The van der Waals surface area contributed by atoms with Gasteiger partial charge in [-0.2, -0.15) is 0 Å². The van der Waals surface area contributed by atoms with Crippen LogP contribution in [-0.2, 0) is 14.2 Å². The van der Waals surface area contributed by atoms with Gasteiger partial charge in [0.15, 0.2) is 23.2 Å². The van der Waals surface area contributed by atoms with E-state index in [2.05, 4.69) is 15.0 Å². The molecule has 9 nitrogen and oxygen atoms in total. The number of aryl methyl sites for hydroxylation is 1. The lowest BCUT2D eigenvalue weighted by Crippen LogP contribution is -2.34. The van der Waals surface area contributed by atoms with Crippen molar-refractivity contribution >= 4 is 11.2 Å². The fourth-order valence-corrected chi connectivity index (χ4v) is 3.29. The summed E-state index contributed by atoms with van der Waals surface area (Å²) in [5, 5.41) is 0. The molecule has 2 aliphatic heterocycles. The number of nitrogens with one attached hydrogen (secondary N) is 1. The molecule has 2 aromatic heterocycles. The van der Waals surface area contributed by atoms with Crippen molar-refractivity contribution in [2.24, 2.45) is 5.73 Å². The highest BCUT2D eigenvalue weighted by Gasteiger charge is 2.55. The summed E-state index contributed by atoms with van der Waals surface area (Å²) in [6.07, 6.45) is 0.168. The average Bonchev–Trinajstić information content (AvgIpc) is 3.09. The van der Waals surface area contributed by atoms with Gasteiger partial charge in [0.1, 0.15) is 24.1 Å². The Balaban J connectivity index is 1.80. The van der Waals surface area contributed by atoms with Crippen molar-refractivity contribution < 1.29 is 14.2 Å². The zero-order valence-electron chi connectivity index (χ0n) is 13.1. The summed E-state index contributed by atoms with van der Waals surface area (Å²) in [4.78, 5) is 23.2. The van der Waals surface area contributed by atoms with Crippen LogP contribution in [0.2, 0.25) is 0 Å². The number of ether oxygens (including phenoxy) is 3. The van der Waals surface area contributed by atoms with Crippen LogP contribution in [0, 0.1) is 6.92 Å². The van der Waals surface area contributed by atoms with E-state index in [9.17, 15) is 4.79 Å². The van der Waals surface area contributed by atoms with E-state index in [-0.39, 0.29) is 29.4 Å². The van der Waals surface area contributed by atoms with Crippen LogP contribution in [-0.4, -0.2) is 50.2 Å². The maximum atomic E-state index is 12.0. The number of imidazole rings is 1. The maximum absolute atomic E-state index is 12.0. The average molecular weight is 321 g/mol. The molecule has 0 aliphatic carbocycles. The first-order valence-corrected chi connectivity index (χ1v) is 7.54. The van der Waals surface area contributed by atoms with Crippen molar-refractivity contribution in [3.63, 3.8) is 0 Å². The second kappa shape index (κ2) is 4.84. The zero-order chi connectivity index (χ0) is 16.4. The van der Waals surface area contributed by atoms with Gasteiger partial charge in [-0.15, -0.1) is 0 Å². The number of aromatic amines is 1. The third-order valence-corrected chi connectivity index (χ3v) is 4.18. The molecule has 0 amide bonds. The molecular weight excluding hydrogens is 302 g/mol. The van der Waals surface area contributed by atoms with Gasteiger partial charge in [-0.1, -0.05) is 0 Å². The number of fused-ring (bicyclic) bond motifs is 2. The highest BCUT2D eigenvalue weighted by Crippen LogP contribution is 2.43. The number of hydrogen-bond acceptors (Lipinski definition) is 7. The number of H-pyrrole nitrogens is 1. The van der Waals surface area contributed by atoms with E-state index in [1.165, 1.54) is 0 Å². The van der Waals surface area contributed by atoms with E-state index < -0.39 is 12.0 Å². The Kier molecular flexibility index (Phi) is 3.11. The van der Waals surface area contributed by atoms with E-state index in [1.807, 2.05) is 13.8 Å². The van der Waals surface area contributed by atoms with E-state index in [1.54, 1.807) is 17.8 Å². The van der Waals surface area contributed by atoms with Crippen LogP contribution in [0.5, 0.6) is 0 Å². The molecule has 9 heteroatoms. The lowest BCUT2D eigenvalue weighted by molar-refractivity contribution is -0.195. The molecule has 0 saturated carbocycles. The molecule has 124 valence electrons. The molecule has 0 aromatic carbocycles. The highest BCUT2D eigenvalue weighted by atomic mass is 16.8. The first-order valence-electron chi connectivity index (χ1n) is 7.54. The second-order valence-corrected chi connectivity index (χ2v) is 6.34. The number of nitrogens with two attached hydrogens (primary N) is 1. The van der Waals surface area contributed by atoms with Crippen molar-refractivity contribution in [2.45, 2.75) is 51.1 Å². The Morgan fingerprint density at radius 3 is 2.87 bits per heavy atom. The van der Waals surface area contributed by atoms with Crippen molar-refractivity contribution in [1.82, 2.24) is 19.5 Å². The Labute approximate surface area is 131 Å². The van der Waals surface area contributed by atoms with Gasteiger partial charge in [-0.3, -0.25) is 9.36 Å². The molecule has 0 bridgehead atoms. The molecule has 4 atom stereocenters. The quantitative estimate of drug-likeness (QED) is 0.787. The predicted octanol–water partition coefficient (Wildman–Crippen LogP) is -0.196. The Hall–Kier alpha value is -1.81. The highest BCUT2D eigenvalue weighted by molar-refractivity contribution is 5.69. The molecule has 4 heterocycles. The van der Waals surface area contributed by atoms with Gasteiger partial charge < -0.3 is 24.9 Å². The predicted molar refractivity (Wildman–Crippen MR) is 79.7 cm³/mol. The van der Waals surface area contributed by atoms with Gasteiger partial charge in [-0.25, -0.2) is 9.97 Å². The van der Waals surface area contributed by atoms with Crippen molar-refractivity contribution in [1.29, 1.82) is 0 Å². The first kappa shape index (κ1) is 14.8. The summed E-state index contributed by atoms with van der Waals surface area (Å²) in [5.74, 6) is -0.194. The molecule has 2 fully saturated rings. The fraction of sp³-hybridized carbons (Fsp3) is 0.643. The molecule has 2 saturated heterocycles. The summed E-state index contributed by atoms with van der Waals surface area (Å²) >= 11 is 0. The van der Waals surface area contributed by atoms with Gasteiger partial charge in [-0.05, 0) is 20.8 Å². The number of hydrogen-bond donors (Lipinski definition) is 2. The molecule has 23 heavy (non-hydrogen) atoms. The van der Waals surface area contributed by atoms with Crippen LogP contribution in [0.3, 0.4) is 0 Å². The van der Waals surface area contributed by atoms with Crippen LogP contribution < -0.4 is 11.3 Å². The van der Waals surface area contributed by atoms with Crippen LogP contribution in [0.25, 0.3) is 11.2 Å². The Bertz CT molecular complexity index is 813. The van der Waals surface area contributed by atoms with E-state index in [0.29, 0.717) is 18.0 Å². The third kappa shape index (κ3) is 2.19. The maximum Gasteiger partial charge on any atom is 0.279 e. The number of aromatic nitrogens is 4. The molecular formula is C14H19N5O4. The van der Waals surface area contributed by atoms with Crippen molar-refractivity contribution in [3.05, 3.63) is 22.5 Å².